The molecule has 0 aliphatic rings. The molecule has 0 bridgehead atoms. The average molecular weight is 553 g/mol. The fourth-order valence-electron chi connectivity index (χ4n) is 4.72. The second-order valence-electron chi connectivity index (χ2n) is 11.2. The lowest BCUT2D eigenvalue weighted by Crippen LogP contribution is -2.28. The largest absolute Gasteiger partial charge is 0.462 e. The van der Waals surface area contributed by atoms with Crippen molar-refractivity contribution in [3.63, 3.8) is 0 Å². The van der Waals surface area contributed by atoms with Crippen LogP contribution < -0.4 is 0 Å². The van der Waals surface area contributed by atoms with Gasteiger partial charge in [0.25, 0.3) is 0 Å². The Morgan fingerprint density at radius 3 is 1.41 bits per heavy atom. The second kappa shape index (κ2) is 31.2. The molecule has 0 radical (unpaired) electrons. The Bertz CT molecular complexity index is 560. The Morgan fingerprint density at radius 1 is 0.564 bits per heavy atom. The first-order valence-electron chi connectivity index (χ1n) is 16.7. The molecule has 0 saturated carbocycles. The maximum atomic E-state index is 12.1. The third-order valence-corrected chi connectivity index (χ3v) is 7.31. The van der Waals surface area contributed by atoms with E-state index in [0.717, 1.165) is 44.9 Å². The Labute approximate surface area is 241 Å². The van der Waals surface area contributed by atoms with Crippen molar-refractivity contribution >= 4 is 11.9 Å². The van der Waals surface area contributed by atoms with Crippen molar-refractivity contribution in [2.24, 2.45) is 0 Å². The van der Waals surface area contributed by atoms with Crippen LogP contribution in [0.3, 0.4) is 0 Å². The molecular weight excluding hydrogens is 488 g/mol. The molecule has 0 aromatic rings. The van der Waals surface area contributed by atoms with Crippen LogP contribution >= 0.6 is 0 Å². The van der Waals surface area contributed by atoms with Crippen LogP contribution in [-0.2, 0) is 19.1 Å². The van der Waals surface area contributed by atoms with E-state index in [1.807, 2.05) is 0 Å². The second-order valence-corrected chi connectivity index (χ2v) is 11.2. The topological polar surface area (TPSA) is 72.8 Å². The fraction of sp³-hybridized carbons (Fsp3) is 0.882. The lowest BCUT2D eigenvalue weighted by molar-refractivity contribution is -0.161. The number of hydrogen-bond acceptors (Lipinski definition) is 5. The zero-order valence-corrected chi connectivity index (χ0v) is 25.9. The van der Waals surface area contributed by atoms with E-state index >= 15 is 0 Å². The van der Waals surface area contributed by atoms with Gasteiger partial charge < -0.3 is 14.6 Å². The predicted octanol–water partition coefficient (Wildman–Crippen LogP) is 9.78. The van der Waals surface area contributed by atoms with Crippen molar-refractivity contribution < 1.29 is 24.2 Å². The quantitative estimate of drug-likeness (QED) is 0.0545. The highest BCUT2D eigenvalue weighted by Gasteiger charge is 2.16. The minimum atomic E-state index is -0.765. The summed E-state index contributed by atoms with van der Waals surface area (Å²) in [6.45, 7) is 4.10. The molecule has 1 atom stereocenters. The predicted molar refractivity (Wildman–Crippen MR) is 164 cm³/mol. The number of carbonyl (C=O) groups excluding carboxylic acids is 2. The van der Waals surface area contributed by atoms with Crippen LogP contribution in [0.1, 0.15) is 174 Å². The molecule has 0 amide bonds. The van der Waals surface area contributed by atoms with E-state index in [1.54, 1.807) is 0 Å². The molecule has 0 aromatic carbocycles. The number of carbonyl (C=O) groups is 2. The first-order valence-corrected chi connectivity index (χ1v) is 16.7. The zero-order chi connectivity index (χ0) is 28.7. The minimum Gasteiger partial charge on any atom is -0.462 e. The first kappa shape index (κ1) is 37.6. The summed E-state index contributed by atoms with van der Waals surface area (Å²) in [5.74, 6) is -0.597. The number of rotatable bonds is 30. The van der Waals surface area contributed by atoms with Crippen molar-refractivity contribution in [3.8, 4) is 0 Å². The third-order valence-electron chi connectivity index (χ3n) is 7.31. The van der Waals surface area contributed by atoms with Gasteiger partial charge in [0.15, 0.2) is 6.10 Å². The maximum Gasteiger partial charge on any atom is 0.306 e. The third kappa shape index (κ3) is 29.4. The lowest BCUT2D eigenvalue weighted by atomic mass is 10.0. The Morgan fingerprint density at radius 2 is 0.949 bits per heavy atom. The zero-order valence-electron chi connectivity index (χ0n) is 25.9. The highest BCUT2D eigenvalue weighted by Crippen LogP contribution is 2.13. The molecule has 0 aliphatic heterocycles. The molecule has 0 aromatic heterocycles. The number of allylic oxidation sites excluding steroid dienone is 2. The number of hydrogen-bond donors (Lipinski definition) is 1. The van der Waals surface area contributed by atoms with Crippen molar-refractivity contribution in [2.75, 3.05) is 13.2 Å². The molecular formula is C34H64O5. The fourth-order valence-corrected chi connectivity index (χ4v) is 4.72. The molecule has 230 valence electrons. The highest BCUT2D eigenvalue weighted by molar-refractivity contribution is 5.70. The molecule has 0 spiro atoms. The number of aliphatic hydroxyl groups excluding tert-OH is 1. The molecule has 0 heterocycles. The lowest BCUT2D eigenvalue weighted by Gasteiger charge is -2.15. The van der Waals surface area contributed by atoms with Crippen molar-refractivity contribution in [3.05, 3.63) is 12.2 Å². The average Bonchev–Trinajstić information content (AvgIpc) is 2.94. The molecule has 1 unspecified atom stereocenters. The summed E-state index contributed by atoms with van der Waals surface area (Å²) < 4.78 is 10.5. The van der Waals surface area contributed by atoms with Crippen molar-refractivity contribution in [1.29, 1.82) is 0 Å². The van der Waals surface area contributed by atoms with Gasteiger partial charge in [-0.1, -0.05) is 135 Å². The number of ether oxygens (including phenoxy) is 2. The molecule has 0 saturated heterocycles. The van der Waals surface area contributed by atoms with Gasteiger partial charge in [-0.15, -0.1) is 0 Å². The van der Waals surface area contributed by atoms with Crippen LogP contribution in [0.2, 0.25) is 0 Å². The van der Waals surface area contributed by atoms with Crippen LogP contribution in [-0.4, -0.2) is 36.4 Å². The SMILES string of the molecule is CCCCCCC=CCCCCCCCC(=O)OCC(CO)OC(=O)CCCCCCCCCCCCCC. The molecule has 5 nitrogen and oxygen atoms in total. The molecule has 0 rings (SSSR count). The van der Waals surface area contributed by atoms with Crippen LogP contribution in [0.5, 0.6) is 0 Å². The van der Waals surface area contributed by atoms with Gasteiger partial charge in [0.2, 0.25) is 0 Å². The normalized spacial score (nSPS) is 12.2. The summed E-state index contributed by atoms with van der Waals surface area (Å²) in [7, 11) is 0. The van der Waals surface area contributed by atoms with Gasteiger partial charge in [0.05, 0.1) is 6.61 Å². The van der Waals surface area contributed by atoms with E-state index in [9.17, 15) is 14.7 Å². The van der Waals surface area contributed by atoms with Crippen LogP contribution in [0.25, 0.3) is 0 Å². The van der Waals surface area contributed by atoms with Gasteiger partial charge in [-0.25, -0.2) is 0 Å². The number of esters is 2. The standard InChI is InChI=1S/C34H64O5/c1-3-5-7-9-11-13-15-17-19-20-22-24-26-28-33(36)38-31-32(30-35)39-34(37)29-27-25-23-21-18-16-14-12-10-8-6-4-2/h13,15,32,35H,3-12,14,16-31H2,1-2H3. The molecule has 0 aliphatic carbocycles. The summed E-state index contributed by atoms with van der Waals surface area (Å²) in [5.41, 5.74) is 0. The van der Waals surface area contributed by atoms with E-state index in [-0.39, 0.29) is 25.2 Å². The van der Waals surface area contributed by atoms with Crippen molar-refractivity contribution in [1.82, 2.24) is 0 Å². The summed E-state index contributed by atoms with van der Waals surface area (Å²) >= 11 is 0. The molecule has 0 fully saturated rings. The summed E-state index contributed by atoms with van der Waals surface area (Å²) in [6, 6.07) is 0. The molecule has 39 heavy (non-hydrogen) atoms. The Kier molecular flexibility index (Phi) is 30.1. The van der Waals surface area contributed by atoms with Crippen LogP contribution in [0.15, 0.2) is 12.2 Å². The van der Waals surface area contributed by atoms with E-state index in [4.69, 9.17) is 9.47 Å². The minimum absolute atomic E-state index is 0.0652. The van der Waals surface area contributed by atoms with E-state index in [1.165, 1.54) is 103 Å². The Balaban J connectivity index is 3.58. The van der Waals surface area contributed by atoms with Crippen LogP contribution in [0, 0.1) is 0 Å². The number of aliphatic hydroxyl groups is 1. The van der Waals surface area contributed by atoms with Crippen LogP contribution in [0.4, 0.5) is 0 Å². The summed E-state index contributed by atoms with van der Waals surface area (Å²) in [6.07, 6.45) is 32.6. The smallest absolute Gasteiger partial charge is 0.306 e. The van der Waals surface area contributed by atoms with Gasteiger partial charge in [-0.2, -0.15) is 0 Å². The van der Waals surface area contributed by atoms with E-state index in [2.05, 4.69) is 26.0 Å². The Hall–Kier alpha value is -1.36. The number of unbranched alkanes of at least 4 members (excludes halogenated alkanes) is 20. The summed E-state index contributed by atoms with van der Waals surface area (Å²) in [5, 5.41) is 9.49. The first-order chi connectivity index (χ1) is 19.1. The monoisotopic (exact) mass is 552 g/mol. The van der Waals surface area contributed by atoms with Gasteiger partial charge in [0, 0.05) is 12.8 Å². The van der Waals surface area contributed by atoms with Gasteiger partial charge >= 0.3 is 11.9 Å². The maximum absolute atomic E-state index is 12.1. The van der Waals surface area contributed by atoms with Gasteiger partial charge in [0.1, 0.15) is 6.61 Å². The van der Waals surface area contributed by atoms with E-state index < -0.39 is 6.10 Å². The molecule has 1 N–H and O–H groups in total. The highest BCUT2D eigenvalue weighted by atomic mass is 16.6. The summed E-state index contributed by atoms with van der Waals surface area (Å²) in [4.78, 5) is 24.1. The van der Waals surface area contributed by atoms with E-state index in [0.29, 0.717) is 12.8 Å². The van der Waals surface area contributed by atoms with Crippen molar-refractivity contribution in [2.45, 2.75) is 180 Å². The van der Waals surface area contributed by atoms with Gasteiger partial charge in [-0.3, -0.25) is 9.59 Å². The molecule has 5 heteroatoms. The van der Waals surface area contributed by atoms with Gasteiger partial charge in [-0.05, 0) is 38.5 Å².